The molecule has 0 atom stereocenters. The number of nitrogens with one attached hydrogen (secondary N) is 1. The number of pyridine rings is 1. The average molecular weight is 259 g/mol. The number of fused-ring (bicyclic) bond motifs is 1. The average Bonchev–Trinajstić information content (AvgIpc) is 2.79. The monoisotopic (exact) mass is 259 g/mol. The minimum atomic E-state index is 0.173. The van der Waals surface area contributed by atoms with Crippen molar-refractivity contribution >= 4 is 16.7 Å². The Bertz CT molecular complexity index is 574. The zero-order valence-electron chi connectivity index (χ0n) is 11.9. The second-order valence-corrected chi connectivity index (χ2v) is 5.06. The molecule has 0 aliphatic carbocycles. The molecule has 2 heterocycles. The van der Waals surface area contributed by atoms with Gasteiger partial charge in [0.15, 0.2) is 0 Å². The maximum atomic E-state index is 11.4. The summed E-state index contributed by atoms with van der Waals surface area (Å²) >= 11 is 0. The Labute approximate surface area is 113 Å². The molecule has 1 N–H and O–H groups in total. The lowest BCUT2D eigenvalue weighted by molar-refractivity contribution is -0.116. The van der Waals surface area contributed by atoms with Crippen LogP contribution in [-0.4, -0.2) is 40.8 Å². The number of Topliss-reactive ketones (excluding diaryl/α,β-unsaturated/α-hetero) is 1. The standard InChI is InChI=1S/C15H21N3O/c1-4-18(3)6-5-12-9-17-14-10-16-8-13(15(12)14)7-11(2)19/h8-10,17H,4-7H2,1-3H3. The molecule has 2 aromatic rings. The van der Waals surface area contributed by atoms with E-state index in [9.17, 15) is 4.79 Å². The van der Waals surface area contributed by atoms with Crippen LogP contribution in [0.4, 0.5) is 0 Å². The van der Waals surface area contributed by atoms with Gasteiger partial charge in [-0.3, -0.25) is 9.78 Å². The Morgan fingerprint density at radius 1 is 1.37 bits per heavy atom. The predicted molar refractivity (Wildman–Crippen MR) is 77.4 cm³/mol. The Balaban J connectivity index is 2.31. The second kappa shape index (κ2) is 5.97. The third kappa shape index (κ3) is 3.20. The fourth-order valence-corrected chi connectivity index (χ4v) is 2.30. The van der Waals surface area contributed by atoms with Crippen molar-refractivity contribution in [3.8, 4) is 0 Å². The van der Waals surface area contributed by atoms with Gasteiger partial charge in [0.25, 0.3) is 0 Å². The summed E-state index contributed by atoms with van der Waals surface area (Å²) in [6, 6.07) is 0. The minimum Gasteiger partial charge on any atom is -0.360 e. The van der Waals surface area contributed by atoms with E-state index in [0.717, 1.165) is 30.6 Å². The van der Waals surface area contributed by atoms with E-state index in [1.807, 2.05) is 18.6 Å². The van der Waals surface area contributed by atoms with Crippen LogP contribution in [0.1, 0.15) is 25.0 Å². The summed E-state index contributed by atoms with van der Waals surface area (Å²) in [5, 5.41) is 1.18. The van der Waals surface area contributed by atoms with E-state index in [0.29, 0.717) is 6.42 Å². The quantitative estimate of drug-likeness (QED) is 0.865. The second-order valence-electron chi connectivity index (χ2n) is 5.06. The molecule has 2 rings (SSSR count). The van der Waals surface area contributed by atoms with Crippen molar-refractivity contribution in [2.45, 2.75) is 26.7 Å². The number of hydrogen-bond acceptors (Lipinski definition) is 3. The van der Waals surface area contributed by atoms with Crippen molar-refractivity contribution in [2.24, 2.45) is 0 Å². The lowest BCUT2D eigenvalue weighted by Gasteiger charge is -2.13. The predicted octanol–water partition coefficient (Wildman–Crippen LogP) is 2.19. The molecule has 0 aromatic carbocycles. The van der Waals surface area contributed by atoms with Crippen LogP contribution < -0.4 is 0 Å². The molecule has 0 saturated heterocycles. The molecule has 102 valence electrons. The number of H-pyrrole nitrogens is 1. The number of carbonyl (C=O) groups is 1. The van der Waals surface area contributed by atoms with Gasteiger partial charge in [-0.1, -0.05) is 6.92 Å². The fourth-order valence-electron chi connectivity index (χ4n) is 2.30. The summed E-state index contributed by atoms with van der Waals surface area (Å²) in [6.07, 6.45) is 7.12. The molecule has 0 spiro atoms. The molecule has 0 aliphatic heterocycles. The van der Waals surface area contributed by atoms with Gasteiger partial charge in [-0.05, 0) is 38.1 Å². The zero-order chi connectivity index (χ0) is 13.8. The highest BCUT2D eigenvalue weighted by Crippen LogP contribution is 2.22. The molecular formula is C15H21N3O. The SMILES string of the molecule is CCN(C)CCc1c[nH]c2cncc(CC(C)=O)c12. The number of rotatable bonds is 6. The lowest BCUT2D eigenvalue weighted by atomic mass is 10.0. The van der Waals surface area contributed by atoms with Crippen molar-refractivity contribution in [1.29, 1.82) is 0 Å². The van der Waals surface area contributed by atoms with E-state index in [1.165, 1.54) is 10.9 Å². The van der Waals surface area contributed by atoms with Crippen LogP contribution in [0.2, 0.25) is 0 Å². The van der Waals surface area contributed by atoms with Gasteiger partial charge in [0.1, 0.15) is 5.78 Å². The molecule has 0 unspecified atom stereocenters. The van der Waals surface area contributed by atoms with Crippen molar-refractivity contribution in [1.82, 2.24) is 14.9 Å². The topological polar surface area (TPSA) is 49.0 Å². The van der Waals surface area contributed by atoms with E-state index < -0.39 is 0 Å². The van der Waals surface area contributed by atoms with Gasteiger partial charge in [0.05, 0.1) is 11.7 Å². The van der Waals surface area contributed by atoms with Crippen molar-refractivity contribution in [2.75, 3.05) is 20.1 Å². The van der Waals surface area contributed by atoms with Gasteiger partial charge in [-0.25, -0.2) is 0 Å². The maximum absolute atomic E-state index is 11.4. The number of hydrogen-bond donors (Lipinski definition) is 1. The summed E-state index contributed by atoms with van der Waals surface area (Å²) < 4.78 is 0. The van der Waals surface area contributed by atoms with E-state index in [1.54, 1.807) is 6.92 Å². The largest absolute Gasteiger partial charge is 0.360 e. The molecule has 0 amide bonds. The van der Waals surface area contributed by atoms with E-state index >= 15 is 0 Å². The van der Waals surface area contributed by atoms with Crippen LogP contribution in [0.3, 0.4) is 0 Å². The van der Waals surface area contributed by atoms with Crippen LogP contribution in [0.25, 0.3) is 10.9 Å². The highest BCUT2D eigenvalue weighted by atomic mass is 16.1. The van der Waals surface area contributed by atoms with Gasteiger partial charge < -0.3 is 9.88 Å². The summed E-state index contributed by atoms with van der Waals surface area (Å²) in [7, 11) is 2.12. The molecule has 0 bridgehead atoms. The maximum Gasteiger partial charge on any atom is 0.134 e. The molecule has 0 radical (unpaired) electrons. The van der Waals surface area contributed by atoms with E-state index in [-0.39, 0.29) is 5.78 Å². The first kappa shape index (κ1) is 13.7. The van der Waals surface area contributed by atoms with Crippen LogP contribution in [-0.2, 0) is 17.6 Å². The molecule has 0 saturated carbocycles. The van der Waals surface area contributed by atoms with E-state index in [2.05, 4.69) is 28.8 Å². The number of ketones is 1. The summed E-state index contributed by atoms with van der Waals surface area (Å²) in [5.41, 5.74) is 3.32. The minimum absolute atomic E-state index is 0.173. The first-order valence-corrected chi connectivity index (χ1v) is 6.72. The molecule has 0 fully saturated rings. The molecular weight excluding hydrogens is 238 g/mol. The summed E-state index contributed by atoms with van der Waals surface area (Å²) in [6.45, 7) is 5.84. The lowest BCUT2D eigenvalue weighted by Crippen LogP contribution is -2.20. The van der Waals surface area contributed by atoms with Crippen molar-refractivity contribution < 1.29 is 4.79 Å². The Morgan fingerprint density at radius 3 is 2.84 bits per heavy atom. The van der Waals surface area contributed by atoms with Gasteiger partial charge in [-0.2, -0.15) is 0 Å². The Kier molecular flexibility index (Phi) is 4.32. The number of likely N-dealkylation sites (N-methyl/N-ethyl adjacent to an activating group) is 1. The van der Waals surface area contributed by atoms with Crippen LogP contribution >= 0.6 is 0 Å². The molecule has 4 nitrogen and oxygen atoms in total. The van der Waals surface area contributed by atoms with Crippen molar-refractivity contribution in [3.63, 3.8) is 0 Å². The smallest absolute Gasteiger partial charge is 0.134 e. The van der Waals surface area contributed by atoms with Gasteiger partial charge in [0, 0.05) is 30.7 Å². The third-order valence-electron chi connectivity index (χ3n) is 3.49. The normalized spacial score (nSPS) is 11.4. The summed E-state index contributed by atoms with van der Waals surface area (Å²) in [5.74, 6) is 0.173. The molecule has 19 heavy (non-hydrogen) atoms. The first-order valence-electron chi connectivity index (χ1n) is 6.72. The Hall–Kier alpha value is -1.68. The number of aromatic amines is 1. The number of aromatic nitrogens is 2. The van der Waals surface area contributed by atoms with E-state index in [4.69, 9.17) is 0 Å². The van der Waals surface area contributed by atoms with Crippen LogP contribution in [0.15, 0.2) is 18.6 Å². The first-order chi connectivity index (χ1) is 9.11. The highest BCUT2D eigenvalue weighted by molar-refractivity contribution is 5.90. The highest BCUT2D eigenvalue weighted by Gasteiger charge is 2.11. The summed E-state index contributed by atoms with van der Waals surface area (Å²) in [4.78, 5) is 21.1. The number of nitrogens with zero attached hydrogens (tertiary/aromatic N) is 2. The Morgan fingerprint density at radius 2 is 2.16 bits per heavy atom. The van der Waals surface area contributed by atoms with Crippen LogP contribution in [0, 0.1) is 0 Å². The van der Waals surface area contributed by atoms with Crippen LogP contribution in [0.5, 0.6) is 0 Å². The molecule has 4 heteroatoms. The zero-order valence-corrected chi connectivity index (χ0v) is 11.9. The molecule has 0 aliphatic rings. The van der Waals surface area contributed by atoms with Gasteiger partial charge in [0.2, 0.25) is 0 Å². The van der Waals surface area contributed by atoms with Gasteiger partial charge in [-0.15, -0.1) is 0 Å². The number of carbonyl (C=O) groups excluding carboxylic acids is 1. The van der Waals surface area contributed by atoms with Gasteiger partial charge >= 0.3 is 0 Å². The fraction of sp³-hybridized carbons (Fsp3) is 0.467. The van der Waals surface area contributed by atoms with Crippen molar-refractivity contribution in [3.05, 3.63) is 29.7 Å². The third-order valence-corrected chi connectivity index (χ3v) is 3.49. The molecule has 2 aromatic heterocycles.